The Kier molecular flexibility index (Phi) is 4.48. The highest BCUT2D eigenvalue weighted by Crippen LogP contribution is 2.29. The van der Waals surface area contributed by atoms with Gasteiger partial charge < -0.3 is 0 Å². The number of benzene rings is 1. The van der Waals surface area contributed by atoms with Crippen LogP contribution in [0.3, 0.4) is 0 Å². The fraction of sp³-hybridized carbons (Fsp3) is 0.538. The van der Waals surface area contributed by atoms with E-state index in [4.69, 9.17) is 11.6 Å². The van der Waals surface area contributed by atoms with Crippen molar-refractivity contribution in [3.05, 3.63) is 29.6 Å². The Hall–Kier alpha value is -0.650. The van der Waals surface area contributed by atoms with Crippen molar-refractivity contribution in [2.75, 3.05) is 6.54 Å². The molecule has 2 rings (SSSR count). The maximum Gasteiger partial charge on any atom is 0.246 e. The quantitative estimate of drug-likeness (QED) is 0.802. The molecule has 1 aliphatic rings. The molecule has 6 heteroatoms. The molecule has 1 aromatic rings. The molecule has 1 saturated heterocycles. The number of halogens is 2. The summed E-state index contributed by atoms with van der Waals surface area (Å²) in [7, 11) is -3.74. The molecule has 0 radical (unpaired) electrons. The molecule has 1 unspecified atom stereocenters. The van der Waals surface area contributed by atoms with Gasteiger partial charge in [0, 0.05) is 18.5 Å². The fourth-order valence-corrected chi connectivity index (χ4v) is 4.48. The zero-order valence-corrected chi connectivity index (χ0v) is 12.3. The van der Waals surface area contributed by atoms with E-state index >= 15 is 0 Å². The third kappa shape index (κ3) is 2.78. The second-order valence-corrected chi connectivity index (χ2v) is 6.84. The van der Waals surface area contributed by atoms with Crippen LogP contribution in [-0.2, 0) is 15.9 Å². The summed E-state index contributed by atoms with van der Waals surface area (Å²) >= 11 is 5.61. The van der Waals surface area contributed by atoms with Gasteiger partial charge in [0.25, 0.3) is 0 Å². The second-order valence-electron chi connectivity index (χ2n) is 4.72. The van der Waals surface area contributed by atoms with Gasteiger partial charge in [0.1, 0.15) is 10.7 Å². The summed E-state index contributed by atoms with van der Waals surface area (Å²) in [5, 5.41) is 0. The molecule has 1 fully saturated rings. The summed E-state index contributed by atoms with van der Waals surface area (Å²) in [5.74, 6) is -0.557. The average Bonchev–Trinajstić information content (AvgIpc) is 2.87. The molecular weight excluding hydrogens is 289 g/mol. The average molecular weight is 306 g/mol. The Morgan fingerprint density at radius 2 is 2.21 bits per heavy atom. The molecule has 0 aliphatic carbocycles. The fourth-order valence-electron chi connectivity index (χ4n) is 2.50. The summed E-state index contributed by atoms with van der Waals surface area (Å²) in [5.41, 5.74) is 0.576. The highest BCUT2D eigenvalue weighted by Gasteiger charge is 2.35. The van der Waals surface area contributed by atoms with Crippen LogP contribution in [0.2, 0.25) is 0 Å². The van der Waals surface area contributed by atoms with Crippen LogP contribution >= 0.6 is 11.6 Å². The molecule has 1 aromatic carbocycles. The second kappa shape index (κ2) is 5.77. The Balaban J connectivity index is 2.39. The molecule has 0 saturated carbocycles. The third-order valence-electron chi connectivity index (χ3n) is 3.53. The van der Waals surface area contributed by atoms with E-state index in [9.17, 15) is 12.8 Å². The van der Waals surface area contributed by atoms with Crippen LogP contribution in [0.5, 0.6) is 0 Å². The first kappa shape index (κ1) is 14.8. The standard InChI is InChI=1S/C13H17ClFNO2S/c1-2-11-4-3-7-16(11)19(17,18)13-6-5-10(9-14)8-12(13)15/h5-6,8,11H,2-4,7,9H2,1H3. The van der Waals surface area contributed by atoms with E-state index in [1.54, 1.807) is 6.07 Å². The van der Waals surface area contributed by atoms with Gasteiger partial charge in [-0.1, -0.05) is 13.0 Å². The van der Waals surface area contributed by atoms with E-state index in [0.717, 1.165) is 19.3 Å². The van der Waals surface area contributed by atoms with Crippen molar-refractivity contribution in [2.45, 2.75) is 43.0 Å². The highest BCUT2D eigenvalue weighted by atomic mass is 35.5. The molecule has 1 aliphatic heterocycles. The van der Waals surface area contributed by atoms with Gasteiger partial charge in [0.05, 0.1) is 0 Å². The number of alkyl halides is 1. The number of nitrogens with zero attached hydrogens (tertiary/aromatic N) is 1. The van der Waals surface area contributed by atoms with Gasteiger partial charge in [-0.3, -0.25) is 0 Å². The topological polar surface area (TPSA) is 37.4 Å². The minimum absolute atomic E-state index is 0.0166. The van der Waals surface area contributed by atoms with Gasteiger partial charge in [-0.15, -0.1) is 11.6 Å². The monoisotopic (exact) mass is 305 g/mol. The molecule has 0 N–H and O–H groups in total. The van der Waals surface area contributed by atoms with Crippen molar-refractivity contribution < 1.29 is 12.8 Å². The van der Waals surface area contributed by atoms with E-state index in [0.29, 0.717) is 12.1 Å². The predicted octanol–water partition coefficient (Wildman–Crippen LogP) is 3.13. The van der Waals surface area contributed by atoms with Crippen LogP contribution < -0.4 is 0 Å². The van der Waals surface area contributed by atoms with Crippen LogP contribution in [0.25, 0.3) is 0 Å². The summed E-state index contributed by atoms with van der Waals surface area (Å²) in [6.07, 6.45) is 2.43. The van der Waals surface area contributed by atoms with Gasteiger partial charge in [-0.25, -0.2) is 12.8 Å². The van der Waals surface area contributed by atoms with Crippen LogP contribution in [0.15, 0.2) is 23.1 Å². The molecule has 1 atom stereocenters. The highest BCUT2D eigenvalue weighted by molar-refractivity contribution is 7.89. The molecular formula is C13H17ClFNO2S. The lowest BCUT2D eigenvalue weighted by atomic mass is 10.2. The first-order chi connectivity index (χ1) is 9.00. The number of sulfonamides is 1. The lowest BCUT2D eigenvalue weighted by Crippen LogP contribution is -2.35. The summed E-state index contributed by atoms with van der Waals surface area (Å²) in [6, 6.07) is 4.04. The Morgan fingerprint density at radius 1 is 1.47 bits per heavy atom. The van der Waals surface area contributed by atoms with E-state index in [2.05, 4.69) is 0 Å². The van der Waals surface area contributed by atoms with E-state index in [-0.39, 0.29) is 16.8 Å². The number of hydrogen-bond acceptors (Lipinski definition) is 2. The maximum atomic E-state index is 14.0. The summed E-state index contributed by atoms with van der Waals surface area (Å²) in [6.45, 7) is 2.42. The largest absolute Gasteiger partial charge is 0.246 e. The zero-order chi connectivity index (χ0) is 14.0. The van der Waals surface area contributed by atoms with Crippen molar-refractivity contribution in [3.63, 3.8) is 0 Å². The van der Waals surface area contributed by atoms with Gasteiger partial charge in [0.2, 0.25) is 10.0 Å². The predicted molar refractivity (Wildman–Crippen MR) is 73.2 cm³/mol. The Bertz CT molecular complexity index is 562. The van der Waals surface area contributed by atoms with Crippen molar-refractivity contribution in [2.24, 2.45) is 0 Å². The minimum atomic E-state index is -3.74. The van der Waals surface area contributed by atoms with Gasteiger partial charge in [-0.2, -0.15) is 4.31 Å². The van der Waals surface area contributed by atoms with Crippen molar-refractivity contribution in [3.8, 4) is 0 Å². The van der Waals surface area contributed by atoms with Gasteiger partial charge in [0.15, 0.2) is 0 Å². The molecule has 106 valence electrons. The first-order valence-corrected chi connectivity index (χ1v) is 8.34. The Labute approximate surface area is 118 Å². The van der Waals surface area contributed by atoms with Gasteiger partial charge >= 0.3 is 0 Å². The molecule has 19 heavy (non-hydrogen) atoms. The minimum Gasteiger partial charge on any atom is -0.207 e. The smallest absolute Gasteiger partial charge is 0.207 e. The van der Waals surface area contributed by atoms with E-state index < -0.39 is 15.8 Å². The van der Waals surface area contributed by atoms with Crippen LogP contribution in [0, 0.1) is 5.82 Å². The van der Waals surface area contributed by atoms with Crippen LogP contribution in [0.4, 0.5) is 4.39 Å². The zero-order valence-electron chi connectivity index (χ0n) is 10.8. The summed E-state index contributed by atoms with van der Waals surface area (Å²) < 4.78 is 40.3. The third-order valence-corrected chi connectivity index (χ3v) is 5.83. The normalized spacial score (nSPS) is 20.9. The molecule has 0 bridgehead atoms. The van der Waals surface area contributed by atoms with Crippen molar-refractivity contribution >= 4 is 21.6 Å². The Morgan fingerprint density at radius 3 is 2.79 bits per heavy atom. The lowest BCUT2D eigenvalue weighted by Gasteiger charge is -2.23. The van der Waals surface area contributed by atoms with Gasteiger partial charge in [-0.05, 0) is 37.0 Å². The van der Waals surface area contributed by atoms with E-state index in [1.807, 2.05) is 6.92 Å². The SMILES string of the molecule is CCC1CCCN1S(=O)(=O)c1ccc(CCl)cc1F. The first-order valence-electron chi connectivity index (χ1n) is 6.37. The van der Waals surface area contributed by atoms with Crippen molar-refractivity contribution in [1.29, 1.82) is 0 Å². The molecule has 0 spiro atoms. The lowest BCUT2D eigenvalue weighted by molar-refractivity contribution is 0.377. The molecule has 3 nitrogen and oxygen atoms in total. The molecule has 0 amide bonds. The van der Waals surface area contributed by atoms with Crippen molar-refractivity contribution in [1.82, 2.24) is 4.31 Å². The summed E-state index contributed by atoms with van der Waals surface area (Å²) in [4.78, 5) is -0.248. The molecule has 1 heterocycles. The number of rotatable bonds is 4. The van der Waals surface area contributed by atoms with Crippen LogP contribution in [-0.4, -0.2) is 25.3 Å². The number of hydrogen-bond donors (Lipinski definition) is 0. The maximum absolute atomic E-state index is 14.0. The molecule has 0 aromatic heterocycles. The van der Waals surface area contributed by atoms with Crippen LogP contribution in [0.1, 0.15) is 31.7 Å². The van der Waals surface area contributed by atoms with E-state index in [1.165, 1.54) is 16.4 Å².